The molecule has 1 saturated carbocycles. The second kappa shape index (κ2) is 46.1. The van der Waals surface area contributed by atoms with Crippen molar-refractivity contribution in [3.63, 3.8) is 0 Å². The van der Waals surface area contributed by atoms with Crippen molar-refractivity contribution in [2.45, 2.75) is 320 Å². The van der Waals surface area contributed by atoms with E-state index in [-0.39, 0.29) is 12.8 Å². The maximum Gasteiger partial charge on any atom is 0.472 e. The highest BCUT2D eigenvalue weighted by Gasteiger charge is 2.51. The lowest BCUT2D eigenvalue weighted by atomic mass is 9.85. The Morgan fingerprint density at radius 2 is 0.729 bits per heavy atom. The van der Waals surface area contributed by atoms with Gasteiger partial charge in [0.1, 0.15) is 43.2 Å². The van der Waals surface area contributed by atoms with Crippen LogP contribution in [-0.4, -0.2) is 98.3 Å². The average Bonchev–Trinajstić information content (AvgIpc) is 3.34. The number of phosphoric ester groups is 1. The fourth-order valence-electron chi connectivity index (χ4n) is 9.23. The van der Waals surface area contributed by atoms with Crippen LogP contribution >= 0.6 is 7.82 Å². The summed E-state index contributed by atoms with van der Waals surface area (Å²) >= 11 is 0. The van der Waals surface area contributed by atoms with E-state index < -0.39 is 75.7 Å². The van der Waals surface area contributed by atoms with Crippen molar-refractivity contribution in [3.05, 3.63) is 12.2 Å². The van der Waals surface area contributed by atoms with Crippen molar-refractivity contribution in [2.24, 2.45) is 0 Å². The molecule has 70 heavy (non-hydrogen) atoms. The van der Waals surface area contributed by atoms with Crippen molar-refractivity contribution < 1.29 is 63.1 Å². The highest BCUT2D eigenvalue weighted by Crippen LogP contribution is 2.47. The molecule has 8 atom stereocenters. The molecule has 6 N–H and O–H groups in total. The summed E-state index contributed by atoms with van der Waals surface area (Å²) in [6.45, 7) is 3.36. The second-order valence-corrected chi connectivity index (χ2v) is 21.9. The number of hydrogen-bond donors (Lipinski definition) is 6. The van der Waals surface area contributed by atoms with Gasteiger partial charge in [0.2, 0.25) is 0 Å². The number of ether oxygens (including phenoxy) is 2. The van der Waals surface area contributed by atoms with Crippen LogP contribution in [0.1, 0.15) is 277 Å². The van der Waals surface area contributed by atoms with Gasteiger partial charge < -0.3 is 39.9 Å². The van der Waals surface area contributed by atoms with E-state index in [1.165, 1.54) is 186 Å². The smallest absolute Gasteiger partial charge is 0.462 e. The summed E-state index contributed by atoms with van der Waals surface area (Å²) in [6.07, 6.45) is 39.7. The molecule has 0 heterocycles. The van der Waals surface area contributed by atoms with E-state index in [4.69, 9.17) is 18.5 Å². The molecule has 1 fully saturated rings. The van der Waals surface area contributed by atoms with Crippen LogP contribution in [0.25, 0.3) is 0 Å². The van der Waals surface area contributed by atoms with Crippen molar-refractivity contribution in [1.29, 1.82) is 0 Å². The topological polar surface area (TPSA) is 210 Å². The summed E-state index contributed by atoms with van der Waals surface area (Å²) in [4.78, 5) is 36.0. The highest BCUT2D eigenvalue weighted by atomic mass is 31.2. The first-order chi connectivity index (χ1) is 33.9. The Bertz CT molecular complexity index is 1270. The summed E-state index contributed by atoms with van der Waals surface area (Å²) < 4.78 is 33.8. The summed E-state index contributed by atoms with van der Waals surface area (Å²) in [5.41, 5.74) is 0. The standard InChI is InChI=1S/C56H107O13P/c1-3-5-7-9-11-13-15-17-19-21-23-24-25-27-28-30-32-34-36-38-40-42-44-49(57)66-46-48(47-67-70(64,65)69-56-54(62)52(60)51(59)53(61)55(56)63)68-50(58)45-43-41-39-37-35-33-31-29-26-22-20-18-16-14-12-10-8-6-4-2/h18,20,48,51-56,59-63H,3-17,19,21-47H2,1-2H3,(H,64,65)/b20-18+/t48-,51?,52-,53?,54?,55?,56?/m0/s1. The van der Waals surface area contributed by atoms with Crippen LogP contribution in [0.15, 0.2) is 12.2 Å². The molecule has 1 aliphatic rings. The van der Waals surface area contributed by atoms with Crippen LogP contribution in [0.2, 0.25) is 0 Å². The maximum atomic E-state index is 12.9. The van der Waals surface area contributed by atoms with E-state index in [1.54, 1.807) is 0 Å². The van der Waals surface area contributed by atoms with E-state index in [9.17, 15) is 44.6 Å². The molecule has 1 aliphatic carbocycles. The lowest BCUT2D eigenvalue weighted by molar-refractivity contribution is -0.220. The van der Waals surface area contributed by atoms with Crippen molar-refractivity contribution >= 4 is 19.8 Å². The molecule has 0 aromatic rings. The molecule has 1 rings (SSSR count). The number of phosphoric acid groups is 1. The molecule has 6 unspecified atom stereocenters. The minimum Gasteiger partial charge on any atom is -0.462 e. The molecule has 414 valence electrons. The average molecular weight is 1020 g/mol. The Morgan fingerprint density at radius 1 is 0.429 bits per heavy atom. The number of carbonyl (C=O) groups is 2. The number of aliphatic hydroxyl groups excluding tert-OH is 5. The SMILES string of the molecule is CCCCCCCC/C=C/CCCCCCCCCCCC(=O)O[C@@H](COC(=O)CCCCCCCCCCCCCCCCCCCCCCCC)COP(=O)(O)OC1C(O)C(O)C(O)[C@H](O)C1O. The zero-order valence-electron chi connectivity index (χ0n) is 44.6. The van der Waals surface area contributed by atoms with Gasteiger partial charge in [0.15, 0.2) is 6.10 Å². The molecular weight excluding hydrogens is 912 g/mol. The zero-order chi connectivity index (χ0) is 51.3. The summed E-state index contributed by atoms with van der Waals surface area (Å²) in [6, 6.07) is 0. The summed E-state index contributed by atoms with van der Waals surface area (Å²) in [7, 11) is -5.12. The number of carbonyl (C=O) groups excluding carboxylic acids is 2. The zero-order valence-corrected chi connectivity index (χ0v) is 45.5. The molecule has 0 aromatic carbocycles. The van der Waals surface area contributed by atoms with Gasteiger partial charge in [0.05, 0.1) is 6.61 Å². The van der Waals surface area contributed by atoms with Gasteiger partial charge >= 0.3 is 19.8 Å². The molecule has 0 spiro atoms. The molecule has 0 radical (unpaired) electrons. The van der Waals surface area contributed by atoms with Gasteiger partial charge in [-0.15, -0.1) is 0 Å². The molecular formula is C56H107O13P. The van der Waals surface area contributed by atoms with Gasteiger partial charge in [0, 0.05) is 12.8 Å². The Balaban J connectivity index is 2.32. The van der Waals surface area contributed by atoms with E-state index in [2.05, 4.69) is 26.0 Å². The van der Waals surface area contributed by atoms with Crippen LogP contribution in [0.5, 0.6) is 0 Å². The predicted molar refractivity (Wildman–Crippen MR) is 281 cm³/mol. The number of aliphatic hydroxyl groups is 5. The van der Waals surface area contributed by atoms with Gasteiger partial charge in [0.25, 0.3) is 0 Å². The number of hydrogen-bond acceptors (Lipinski definition) is 12. The first kappa shape index (κ1) is 66.6. The molecule has 14 heteroatoms. The number of allylic oxidation sites excluding steroid dienone is 2. The van der Waals surface area contributed by atoms with Gasteiger partial charge in [-0.3, -0.25) is 18.6 Å². The Labute approximate surface area is 426 Å². The van der Waals surface area contributed by atoms with Crippen LogP contribution < -0.4 is 0 Å². The maximum absolute atomic E-state index is 12.9. The minimum atomic E-state index is -5.12. The fourth-order valence-corrected chi connectivity index (χ4v) is 10.2. The van der Waals surface area contributed by atoms with Crippen molar-refractivity contribution in [3.8, 4) is 0 Å². The fraction of sp³-hybridized carbons (Fsp3) is 0.929. The summed E-state index contributed by atoms with van der Waals surface area (Å²) in [5.74, 6) is -1.08. The minimum absolute atomic E-state index is 0.0993. The highest BCUT2D eigenvalue weighted by molar-refractivity contribution is 7.47. The largest absolute Gasteiger partial charge is 0.472 e. The molecule has 0 aromatic heterocycles. The third-order valence-corrected chi connectivity index (χ3v) is 14.8. The van der Waals surface area contributed by atoms with Gasteiger partial charge in [-0.2, -0.15) is 0 Å². The van der Waals surface area contributed by atoms with Crippen molar-refractivity contribution in [1.82, 2.24) is 0 Å². The van der Waals surface area contributed by atoms with E-state index in [0.29, 0.717) is 12.8 Å². The van der Waals surface area contributed by atoms with Gasteiger partial charge in [-0.1, -0.05) is 238 Å². The normalized spacial score (nSPS) is 20.7. The quantitative estimate of drug-likeness (QED) is 0.0145. The van der Waals surface area contributed by atoms with Crippen LogP contribution in [-0.2, 0) is 32.7 Å². The van der Waals surface area contributed by atoms with Crippen LogP contribution in [0, 0.1) is 0 Å². The van der Waals surface area contributed by atoms with Gasteiger partial charge in [-0.25, -0.2) is 4.57 Å². The summed E-state index contributed by atoms with van der Waals surface area (Å²) in [5, 5.41) is 50.4. The third kappa shape index (κ3) is 37.3. The van der Waals surface area contributed by atoms with Gasteiger partial charge in [-0.05, 0) is 38.5 Å². The van der Waals surface area contributed by atoms with Crippen LogP contribution in [0.4, 0.5) is 0 Å². The van der Waals surface area contributed by atoms with Crippen LogP contribution in [0.3, 0.4) is 0 Å². The Hall–Kier alpha value is -1.41. The Kier molecular flexibility index (Phi) is 43.9. The van der Waals surface area contributed by atoms with Crippen molar-refractivity contribution in [2.75, 3.05) is 13.2 Å². The monoisotopic (exact) mass is 1020 g/mol. The molecule has 0 amide bonds. The number of unbranched alkanes of at least 4 members (excludes halogenated alkanes) is 36. The molecule has 13 nitrogen and oxygen atoms in total. The Morgan fingerprint density at radius 3 is 1.09 bits per heavy atom. The number of rotatable bonds is 50. The third-order valence-electron chi connectivity index (χ3n) is 13.9. The lowest BCUT2D eigenvalue weighted by Gasteiger charge is -2.41. The second-order valence-electron chi connectivity index (χ2n) is 20.5. The van der Waals surface area contributed by atoms with E-state index >= 15 is 0 Å². The lowest BCUT2D eigenvalue weighted by Crippen LogP contribution is -2.64. The first-order valence-electron chi connectivity index (χ1n) is 29.0. The predicted octanol–water partition coefficient (Wildman–Crippen LogP) is 13.4. The first-order valence-corrected chi connectivity index (χ1v) is 30.5. The van der Waals surface area contributed by atoms with E-state index in [0.717, 1.165) is 51.4 Å². The molecule has 0 bridgehead atoms. The molecule has 0 saturated heterocycles. The molecule has 0 aliphatic heterocycles. The number of esters is 2. The van der Waals surface area contributed by atoms with E-state index in [1.807, 2.05) is 0 Å².